The highest BCUT2D eigenvalue weighted by atomic mass is 16.5. The van der Waals surface area contributed by atoms with Gasteiger partial charge in [0.05, 0.1) is 6.61 Å². The van der Waals surface area contributed by atoms with Crippen molar-refractivity contribution in [1.82, 2.24) is 10.6 Å². The van der Waals surface area contributed by atoms with E-state index < -0.39 is 17.9 Å². The number of rotatable bonds is 4. The highest BCUT2D eigenvalue weighted by molar-refractivity contribution is 6.35. The van der Waals surface area contributed by atoms with E-state index >= 15 is 0 Å². The van der Waals surface area contributed by atoms with Gasteiger partial charge in [-0.05, 0) is 6.07 Å². The van der Waals surface area contributed by atoms with E-state index in [1.807, 2.05) is 6.07 Å². The van der Waals surface area contributed by atoms with Gasteiger partial charge in [0.2, 0.25) is 0 Å². The second-order valence-electron chi connectivity index (χ2n) is 4.61. The highest BCUT2D eigenvalue weighted by Gasteiger charge is 2.36. The zero-order valence-electron chi connectivity index (χ0n) is 11.9. The summed E-state index contributed by atoms with van der Waals surface area (Å²) in [5.74, 6) is -1.89. The maximum Gasteiger partial charge on any atom is 0.310 e. The van der Waals surface area contributed by atoms with E-state index in [0.29, 0.717) is 12.2 Å². The highest BCUT2D eigenvalue weighted by Crippen LogP contribution is 2.34. The van der Waals surface area contributed by atoms with Crippen LogP contribution in [0.2, 0.25) is 0 Å². The Morgan fingerprint density at radius 2 is 2.00 bits per heavy atom. The summed E-state index contributed by atoms with van der Waals surface area (Å²) < 4.78 is 4.78. The molecule has 1 aromatic rings. The van der Waals surface area contributed by atoms with Crippen LogP contribution in [0.1, 0.15) is 11.6 Å². The van der Waals surface area contributed by atoms with Gasteiger partial charge in [-0.25, -0.2) is 0 Å². The molecule has 0 aliphatic carbocycles. The molecule has 1 aliphatic rings. The molecule has 7 nitrogen and oxygen atoms in total. The van der Waals surface area contributed by atoms with E-state index in [-0.39, 0.29) is 12.5 Å². The van der Waals surface area contributed by atoms with Gasteiger partial charge in [0, 0.05) is 32.0 Å². The minimum atomic E-state index is -0.838. The Morgan fingerprint density at radius 1 is 1.29 bits per heavy atom. The van der Waals surface area contributed by atoms with Crippen LogP contribution >= 0.6 is 0 Å². The van der Waals surface area contributed by atoms with Crippen molar-refractivity contribution < 1.29 is 19.1 Å². The summed E-state index contributed by atoms with van der Waals surface area (Å²) in [5.41, 5.74) is 1.41. The molecular formula is C14H17N3O4. The fourth-order valence-corrected chi connectivity index (χ4v) is 2.17. The largest absolute Gasteiger partial charge is 0.383 e. The van der Waals surface area contributed by atoms with E-state index in [4.69, 9.17) is 4.74 Å². The first kappa shape index (κ1) is 15.0. The van der Waals surface area contributed by atoms with E-state index in [1.54, 1.807) is 25.2 Å². The molecule has 1 unspecified atom stereocenters. The summed E-state index contributed by atoms with van der Waals surface area (Å²) in [7, 11) is 3.13. The molecule has 0 saturated heterocycles. The minimum Gasteiger partial charge on any atom is -0.383 e. The first-order chi connectivity index (χ1) is 10.1. The number of amides is 3. The Kier molecular flexibility index (Phi) is 4.54. The lowest BCUT2D eigenvalue weighted by Gasteiger charge is -2.12. The molecule has 7 heteroatoms. The molecule has 3 amide bonds. The van der Waals surface area contributed by atoms with E-state index in [0.717, 1.165) is 5.69 Å². The van der Waals surface area contributed by atoms with Gasteiger partial charge in [-0.1, -0.05) is 18.2 Å². The number of anilines is 1. The zero-order chi connectivity index (χ0) is 15.4. The lowest BCUT2D eigenvalue weighted by molar-refractivity contribution is -0.140. The van der Waals surface area contributed by atoms with E-state index in [2.05, 4.69) is 10.6 Å². The van der Waals surface area contributed by atoms with Crippen LogP contribution in [0.25, 0.3) is 0 Å². The lowest BCUT2D eigenvalue weighted by Crippen LogP contribution is -2.44. The molecule has 112 valence electrons. The number of likely N-dealkylation sites (N-methyl/N-ethyl adjacent to an activating group) is 1. The summed E-state index contributed by atoms with van der Waals surface area (Å²) >= 11 is 0. The summed E-state index contributed by atoms with van der Waals surface area (Å²) in [5, 5.41) is 4.87. The molecule has 0 bridgehead atoms. The maximum absolute atomic E-state index is 12.1. The number of carbonyl (C=O) groups excluding carboxylic acids is 3. The smallest absolute Gasteiger partial charge is 0.310 e. The van der Waals surface area contributed by atoms with Crippen molar-refractivity contribution in [2.75, 3.05) is 32.2 Å². The number of nitrogens with zero attached hydrogens (tertiary/aromatic N) is 1. The molecular weight excluding hydrogens is 274 g/mol. The molecule has 0 saturated carbocycles. The van der Waals surface area contributed by atoms with Crippen molar-refractivity contribution in [1.29, 1.82) is 0 Å². The Morgan fingerprint density at radius 3 is 2.71 bits per heavy atom. The molecule has 1 aliphatic heterocycles. The molecule has 21 heavy (non-hydrogen) atoms. The molecule has 1 aromatic carbocycles. The van der Waals surface area contributed by atoms with Crippen molar-refractivity contribution in [2.45, 2.75) is 6.04 Å². The molecule has 0 aromatic heterocycles. The molecule has 0 radical (unpaired) electrons. The van der Waals surface area contributed by atoms with Gasteiger partial charge in [-0.15, -0.1) is 0 Å². The monoisotopic (exact) mass is 291 g/mol. The van der Waals surface area contributed by atoms with Gasteiger partial charge in [-0.2, -0.15) is 0 Å². The van der Waals surface area contributed by atoms with Crippen molar-refractivity contribution in [3.05, 3.63) is 29.8 Å². The third-order valence-corrected chi connectivity index (χ3v) is 3.26. The third kappa shape index (κ3) is 3.03. The molecule has 2 rings (SSSR count). The van der Waals surface area contributed by atoms with Crippen LogP contribution in [-0.2, 0) is 19.1 Å². The number of fused-ring (bicyclic) bond motifs is 1. The standard InChI is InChI=1S/C14H17N3O4/c1-17-10-6-4-3-5-9(10)11(14(17)20)16-13(19)12(18)15-7-8-21-2/h3-6,11H,7-8H2,1-2H3,(H,15,18)(H,16,19). The summed E-state index contributed by atoms with van der Waals surface area (Å²) in [6.45, 7) is 0.546. The van der Waals surface area contributed by atoms with Gasteiger partial charge in [0.15, 0.2) is 0 Å². The number of hydrogen-bond donors (Lipinski definition) is 2. The Hall–Kier alpha value is -2.41. The number of nitrogens with one attached hydrogen (secondary N) is 2. The number of carbonyl (C=O) groups is 3. The van der Waals surface area contributed by atoms with E-state index in [1.165, 1.54) is 12.0 Å². The Bertz CT molecular complexity index is 573. The summed E-state index contributed by atoms with van der Waals surface area (Å²) in [6, 6.07) is 6.31. The zero-order valence-corrected chi connectivity index (χ0v) is 11.9. The van der Waals surface area contributed by atoms with Crippen LogP contribution in [0, 0.1) is 0 Å². The normalized spacial score (nSPS) is 16.6. The van der Waals surface area contributed by atoms with Gasteiger partial charge >= 0.3 is 11.8 Å². The maximum atomic E-state index is 12.1. The number of para-hydroxylation sites is 1. The molecule has 2 N–H and O–H groups in total. The van der Waals surface area contributed by atoms with Crippen molar-refractivity contribution in [3.8, 4) is 0 Å². The SMILES string of the molecule is COCCNC(=O)C(=O)NC1C(=O)N(C)c2ccccc21. The van der Waals surface area contributed by atoms with Crippen LogP contribution in [0.5, 0.6) is 0 Å². The van der Waals surface area contributed by atoms with Gasteiger partial charge in [0.1, 0.15) is 6.04 Å². The van der Waals surface area contributed by atoms with Crippen LogP contribution in [0.4, 0.5) is 5.69 Å². The number of ether oxygens (including phenoxy) is 1. The first-order valence-corrected chi connectivity index (χ1v) is 6.50. The topological polar surface area (TPSA) is 87.7 Å². The fraction of sp³-hybridized carbons (Fsp3) is 0.357. The fourth-order valence-electron chi connectivity index (χ4n) is 2.17. The van der Waals surface area contributed by atoms with Crippen molar-refractivity contribution >= 4 is 23.4 Å². The first-order valence-electron chi connectivity index (χ1n) is 6.50. The second kappa shape index (κ2) is 6.36. The number of hydrogen-bond acceptors (Lipinski definition) is 4. The Labute approximate surface area is 122 Å². The summed E-state index contributed by atoms with van der Waals surface area (Å²) in [6.07, 6.45) is 0. The van der Waals surface area contributed by atoms with Crippen LogP contribution in [0.3, 0.4) is 0 Å². The van der Waals surface area contributed by atoms with Crippen molar-refractivity contribution in [3.63, 3.8) is 0 Å². The van der Waals surface area contributed by atoms with Gasteiger partial charge < -0.3 is 20.3 Å². The average molecular weight is 291 g/mol. The predicted molar refractivity (Wildman–Crippen MR) is 75.6 cm³/mol. The van der Waals surface area contributed by atoms with Crippen LogP contribution in [0.15, 0.2) is 24.3 Å². The minimum absolute atomic E-state index is 0.234. The van der Waals surface area contributed by atoms with Crippen molar-refractivity contribution in [2.24, 2.45) is 0 Å². The molecule has 1 heterocycles. The number of benzene rings is 1. The lowest BCUT2D eigenvalue weighted by atomic mass is 10.1. The number of methoxy groups -OCH3 is 1. The van der Waals surface area contributed by atoms with Crippen LogP contribution < -0.4 is 15.5 Å². The quantitative estimate of drug-likeness (QED) is 0.583. The van der Waals surface area contributed by atoms with Gasteiger partial charge in [-0.3, -0.25) is 14.4 Å². The summed E-state index contributed by atoms with van der Waals surface area (Å²) in [4.78, 5) is 37.0. The molecule has 0 fully saturated rings. The average Bonchev–Trinajstić information content (AvgIpc) is 2.73. The molecule has 0 spiro atoms. The van der Waals surface area contributed by atoms with Crippen LogP contribution in [-0.4, -0.2) is 45.0 Å². The molecule has 1 atom stereocenters. The Balaban J connectivity index is 2.04. The van der Waals surface area contributed by atoms with E-state index in [9.17, 15) is 14.4 Å². The predicted octanol–water partition coefficient (Wildman–Crippen LogP) is -0.417. The third-order valence-electron chi connectivity index (χ3n) is 3.26. The van der Waals surface area contributed by atoms with Gasteiger partial charge in [0.25, 0.3) is 5.91 Å². The second-order valence-corrected chi connectivity index (χ2v) is 4.61.